The Balaban J connectivity index is 1.37. The molecule has 1 aliphatic heterocycles. The van der Waals surface area contributed by atoms with Crippen LogP contribution in [0.15, 0.2) is 82.0 Å². The van der Waals surface area contributed by atoms with Crippen LogP contribution in [0.25, 0.3) is 11.0 Å². The Labute approximate surface area is 193 Å². The zero-order chi connectivity index (χ0) is 22.2. The van der Waals surface area contributed by atoms with Crippen LogP contribution in [0, 0.1) is 0 Å². The van der Waals surface area contributed by atoms with Crippen molar-refractivity contribution in [2.45, 2.75) is 38.1 Å². The molecule has 33 heavy (non-hydrogen) atoms. The Hall–Kier alpha value is -3.37. The van der Waals surface area contributed by atoms with Crippen LogP contribution in [-0.4, -0.2) is 18.2 Å². The summed E-state index contributed by atoms with van der Waals surface area (Å²) in [5.41, 5.74) is 6.15. The molecule has 4 aromatic rings. The van der Waals surface area contributed by atoms with E-state index in [0.717, 1.165) is 54.5 Å². The van der Waals surface area contributed by atoms with Gasteiger partial charge >= 0.3 is 5.63 Å². The second-order valence-electron chi connectivity index (χ2n) is 9.13. The molecule has 1 aromatic heterocycles. The summed E-state index contributed by atoms with van der Waals surface area (Å²) in [6.45, 7) is 2.04. The maximum absolute atomic E-state index is 12.8. The molecule has 4 nitrogen and oxygen atoms in total. The molecule has 0 atom stereocenters. The van der Waals surface area contributed by atoms with Crippen molar-refractivity contribution in [1.29, 1.82) is 0 Å². The van der Waals surface area contributed by atoms with E-state index in [1.165, 1.54) is 16.7 Å². The molecular weight excluding hydrogens is 410 g/mol. The number of nitrogens with zero attached hydrogens (tertiary/aromatic N) is 1. The van der Waals surface area contributed by atoms with Gasteiger partial charge in [0.2, 0.25) is 0 Å². The number of aryl methyl sites for hydroxylation is 1. The molecule has 0 N–H and O–H groups in total. The van der Waals surface area contributed by atoms with Crippen molar-refractivity contribution in [3.8, 4) is 5.75 Å². The van der Waals surface area contributed by atoms with E-state index in [0.29, 0.717) is 18.9 Å². The van der Waals surface area contributed by atoms with E-state index in [1.54, 1.807) is 0 Å². The quantitative estimate of drug-likeness (QED) is 0.387. The smallest absolute Gasteiger partial charge is 0.339 e. The molecular formula is C29H27NO3. The predicted octanol–water partition coefficient (Wildman–Crippen LogP) is 5.66. The summed E-state index contributed by atoms with van der Waals surface area (Å²) in [5.74, 6) is 1.06. The van der Waals surface area contributed by atoms with Crippen molar-refractivity contribution >= 4 is 11.0 Å². The van der Waals surface area contributed by atoms with E-state index in [2.05, 4.69) is 77.7 Å². The Morgan fingerprint density at radius 2 is 1.45 bits per heavy atom. The van der Waals surface area contributed by atoms with E-state index >= 15 is 0 Å². The molecule has 4 heteroatoms. The molecule has 6 rings (SSSR count). The summed E-state index contributed by atoms with van der Waals surface area (Å²) < 4.78 is 12.1. The Bertz CT molecular complexity index is 1300. The fourth-order valence-corrected chi connectivity index (χ4v) is 5.41. The molecule has 0 bridgehead atoms. The zero-order valence-corrected chi connectivity index (χ0v) is 18.6. The number of benzene rings is 3. The lowest BCUT2D eigenvalue weighted by molar-refractivity contribution is 0.0925. The van der Waals surface area contributed by atoms with Crippen LogP contribution in [0.4, 0.5) is 0 Å². The third-order valence-corrected chi connectivity index (χ3v) is 7.08. The first-order valence-corrected chi connectivity index (χ1v) is 11.8. The second-order valence-corrected chi connectivity index (χ2v) is 9.13. The minimum atomic E-state index is -0.172. The third-order valence-electron chi connectivity index (χ3n) is 7.08. The van der Waals surface area contributed by atoms with Crippen molar-refractivity contribution in [3.63, 3.8) is 0 Å². The molecule has 0 amide bonds. The number of ether oxygens (including phenoxy) is 1. The molecule has 1 aliphatic carbocycles. The van der Waals surface area contributed by atoms with E-state index < -0.39 is 0 Å². The van der Waals surface area contributed by atoms with Crippen LogP contribution in [0.2, 0.25) is 0 Å². The van der Waals surface area contributed by atoms with Crippen LogP contribution in [0.1, 0.15) is 46.6 Å². The largest absolute Gasteiger partial charge is 0.478 e. The SMILES string of the molecule is O=c1oc2c3c(ccc2c2c1CCCC2)OCN(CC(c1ccccc1)c1ccccc1)C3. The van der Waals surface area contributed by atoms with E-state index in [9.17, 15) is 4.79 Å². The van der Waals surface area contributed by atoms with E-state index in [-0.39, 0.29) is 11.5 Å². The van der Waals surface area contributed by atoms with Crippen molar-refractivity contribution in [1.82, 2.24) is 4.90 Å². The Morgan fingerprint density at radius 1 is 0.788 bits per heavy atom. The topological polar surface area (TPSA) is 42.7 Å². The standard InChI is InChI=1S/C29H27NO3/c31-29-24-14-8-7-13-22(24)23-15-16-27-26(28(23)33-29)18-30(19-32-27)17-25(20-9-3-1-4-10-20)21-11-5-2-6-12-21/h1-6,9-12,15-16,25H,7-8,13-14,17-19H2. The number of rotatable bonds is 4. The molecule has 0 saturated heterocycles. The van der Waals surface area contributed by atoms with Crippen LogP contribution < -0.4 is 10.4 Å². The summed E-state index contributed by atoms with van der Waals surface area (Å²) in [6, 6.07) is 25.4. The van der Waals surface area contributed by atoms with Crippen LogP contribution in [0.3, 0.4) is 0 Å². The molecule has 166 valence electrons. The van der Waals surface area contributed by atoms with Crippen molar-refractivity contribution < 1.29 is 9.15 Å². The average molecular weight is 438 g/mol. The second kappa shape index (κ2) is 8.53. The first kappa shape index (κ1) is 20.3. The molecule has 3 aromatic carbocycles. The Morgan fingerprint density at radius 3 is 2.15 bits per heavy atom. The predicted molar refractivity (Wildman–Crippen MR) is 130 cm³/mol. The van der Waals surface area contributed by atoms with Crippen molar-refractivity contribution in [2.75, 3.05) is 13.3 Å². The highest BCUT2D eigenvalue weighted by Crippen LogP contribution is 2.36. The van der Waals surface area contributed by atoms with Gasteiger partial charge in [-0.25, -0.2) is 4.79 Å². The number of hydrogen-bond donors (Lipinski definition) is 0. The van der Waals surface area contributed by atoms with Gasteiger partial charge in [-0.15, -0.1) is 0 Å². The lowest BCUT2D eigenvalue weighted by Crippen LogP contribution is -2.35. The first-order valence-electron chi connectivity index (χ1n) is 11.8. The molecule has 0 fully saturated rings. The fraction of sp³-hybridized carbons (Fsp3) is 0.276. The molecule has 0 spiro atoms. The van der Waals surface area contributed by atoms with Gasteiger partial charge in [0, 0.05) is 30.0 Å². The first-order chi connectivity index (χ1) is 16.3. The van der Waals surface area contributed by atoms with Gasteiger partial charge in [-0.1, -0.05) is 60.7 Å². The number of fused-ring (bicyclic) bond motifs is 5. The van der Waals surface area contributed by atoms with Gasteiger partial charge in [0.15, 0.2) is 0 Å². The lowest BCUT2D eigenvalue weighted by atomic mass is 9.89. The minimum absolute atomic E-state index is 0.172. The van der Waals surface area contributed by atoms with Crippen LogP contribution >= 0.6 is 0 Å². The van der Waals surface area contributed by atoms with E-state index in [1.807, 2.05) is 0 Å². The van der Waals surface area contributed by atoms with E-state index in [4.69, 9.17) is 9.15 Å². The normalized spacial score (nSPS) is 15.8. The molecule has 0 unspecified atom stereocenters. The maximum Gasteiger partial charge on any atom is 0.339 e. The molecule has 2 heterocycles. The van der Waals surface area contributed by atoms with Gasteiger partial charge in [0.1, 0.15) is 18.1 Å². The van der Waals surface area contributed by atoms with Gasteiger partial charge in [0.05, 0.1) is 5.56 Å². The van der Waals surface area contributed by atoms with Gasteiger partial charge in [-0.3, -0.25) is 4.90 Å². The monoisotopic (exact) mass is 437 g/mol. The van der Waals surface area contributed by atoms with Gasteiger partial charge in [-0.2, -0.15) is 0 Å². The van der Waals surface area contributed by atoms with Gasteiger partial charge in [0.25, 0.3) is 0 Å². The average Bonchev–Trinajstić information content (AvgIpc) is 2.88. The van der Waals surface area contributed by atoms with Gasteiger partial charge < -0.3 is 9.15 Å². The highest BCUT2D eigenvalue weighted by atomic mass is 16.5. The van der Waals surface area contributed by atoms with Crippen LogP contribution in [0.5, 0.6) is 5.75 Å². The maximum atomic E-state index is 12.8. The summed E-state index contributed by atoms with van der Waals surface area (Å²) >= 11 is 0. The molecule has 2 aliphatic rings. The summed E-state index contributed by atoms with van der Waals surface area (Å²) in [4.78, 5) is 15.1. The highest BCUT2D eigenvalue weighted by molar-refractivity contribution is 5.86. The number of hydrogen-bond acceptors (Lipinski definition) is 4. The zero-order valence-electron chi connectivity index (χ0n) is 18.6. The van der Waals surface area contributed by atoms with Gasteiger partial charge in [-0.05, 0) is 54.5 Å². The molecule has 0 saturated carbocycles. The Kier molecular flexibility index (Phi) is 5.23. The third kappa shape index (κ3) is 3.75. The summed E-state index contributed by atoms with van der Waals surface area (Å²) in [7, 11) is 0. The van der Waals surface area contributed by atoms with Crippen LogP contribution in [-0.2, 0) is 19.4 Å². The summed E-state index contributed by atoms with van der Waals surface area (Å²) in [5, 5.41) is 1.08. The van der Waals surface area contributed by atoms with Crippen molar-refractivity contribution in [2.24, 2.45) is 0 Å². The minimum Gasteiger partial charge on any atom is -0.478 e. The lowest BCUT2D eigenvalue weighted by Gasteiger charge is -2.32. The van der Waals surface area contributed by atoms with Crippen molar-refractivity contribution in [3.05, 3.63) is 111 Å². The fourth-order valence-electron chi connectivity index (χ4n) is 5.41. The summed E-state index contributed by atoms with van der Waals surface area (Å²) in [6.07, 6.45) is 3.96. The molecule has 0 radical (unpaired) electrons. The highest BCUT2D eigenvalue weighted by Gasteiger charge is 2.27.